The zero-order chi connectivity index (χ0) is 19.3. The Morgan fingerprint density at radius 3 is 2.27 bits per heavy atom. The zero-order valence-corrected chi connectivity index (χ0v) is 17.1. The van der Waals surface area contributed by atoms with Crippen molar-refractivity contribution in [2.75, 3.05) is 12.4 Å². The number of carbonyl (C=O) groups excluding carboxylic acids is 1. The molecule has 1 aromatic carbocycles. The summed E-state index contributed by atoms with van der Waals surface area (Å²) in [4.78, 5) is 11.9. The van der Waals surface area contributed by atoms with E-state index in [1.807, 2.05) is 0 Å². The Balaban J connectivity index is 2.03. The summed E-state index contributed by atoms with van der Waals surface area (Å²) in [5, 5.41) is 5.67. The summed E-state index contributed by atoms with van der Waals surface area (Å²) in [6, 6.07) is 6.49. The molecule has 1 aliphatic rings. The van der Waals surface area contributed by atoms with E-state index in [1.54, 1.807) is 45.2 Å². The first-order valence-corrected chi connectivity index (χ1v) is 10.8. The molecule has 0 atom stereocenters. The predicted octanol–water partition coefficient (Wildman–Crippen LogP) is 3.11. The predicted molar refractivity (Wildman–Crippen MR) is 107 cm³/mol. The van der Waals surface area contributed by atoms with Gasteiger partial charge in [0.2, 0.25) is 15.9 Å². The second-order valence-corrected chi connectivity index (χ2v) is 9.34. The highest BCUT2D eigenvalue weighted by atomic mass is 32.2. The van der Waals surface area contributed by atoms with Crippen LogP contribution >= 0.6 is 12.2 Å². The molecule has 0 radical (unpaired) electrons. The van der Waals surface area contributed by atoms with Crippen molar-refractivity contribution in [2.24, 2.45) is 5.92 Å². The standard InChI is InChI=1S/C18H27N3O3S2/c1-13(2)17(22)20-18(25)19-14-9-11-16(12-10-14)26(23,24)21(3)15-7-5-4-6-8-15/h9-13,15H,4-8H2,1-3H3,(H2,19,20,22,25). The summed E-state index contributed by atoms with van der Waals surface area (Å²) in [5.74, 6) is -0.339. The molecule has 0 aromatic heterocycles. The molecule has 1 fully saturated rings. The summed E-state index contributed by atoms with van der Waals surface area (Å²) in [6.45, 7) is 3.56. The Morgan fingerprint density at radius 1 is 1.15 bits per heavy atom. The average molecular weight is 398 g/mol. The minimum atomic E-state index is -3.51. The third kappa shape index (κ3) is 5.25. The summed E-state index contributed by atoms with van der Waals surface area (Å²) in [7, 11) is -1.85. The van der Waals surface area contributed by atoms with Gasteiger partial charge in [-0.05, 0) is 49.3 Å². The molecule has 1 aliphatic carbocycles. The Kier molecular flexibility index (Phi) is 7.14. The summed E-state index contributed by atoms with van der Waals surface area (Å²) in [5.41, 5.74) is 0.623. The van der Waals surface area contributed by atoms with E-state index in [-0.39, 0.29) is 27.9 Å². The molecule has 0 unspecified atom stereocenters. The van der Waals surface area contributed by atoms with E-state index in [0.29, 0.717) is 5.69 Å². The van der Waals surface area contributed by atoms with Crippen LogP contribution in [-0.2, 0) is 14.8 Å². The zero-order valence-electron chi connectivity index (χ0n) is 15.5. The quantitative estimate of drug-likeness (QED) is 0.747. The Bertz CT molecular complexity index is 739. The molecule has 8 heteroatoms. The maximum absolute atomic E-state index is 12.8. The fourth-order valence-electron chi connectivity index (χ4n) is 2.94. The van der Waals surface area contributed by atoms with Crippen molar-refractivity contribution in [2.45, 2.75) is 56.9 Å². The molecule has 144 valence electrons. The lowest BCUT2D eigenvalue weighted by Gasteiger charge is -2.30. The minimum absolute atomic E-state index is 0.0744. The van der Waals surface area contributed by atoms with E-state index in [4.69, 9.17) is 12.2 Å². The molecule has 2 N–H and O–H groups in total. The van der Waals surface area contributed by atoms with E-state index in [0.717, 1.165) is 25.7 Å². The van der Waals surface area contributed by atoms with Gasteiger partial charge in [-0.15, -0.1) is 0 Å². The van der Waals surface area contributed by atoms with Gasteiger partial charge in [0, 0.05) is 24.7 Å². The van der Waals surface area contributed by atoms with E-state index in [1.165, 1.54) is 10.7 Å². The van der Waals surface area contributed by atoms with Crippen LogP contribution in [0.2, 0.25) is 0 Å². The number of hydrogen-bond acceptors (Lipinski definition) is 4. The fraction of sp³-hybridized carbons (Fsp3) is 0.556. The number of rotatable bonds is 5. The van der Waals surface area contributed by atoms with E-state index >= 15 is 0 Å². The van der Waals surface area contributed by atoms with Crippen molar-refractivity contribution in [1.29, 1.82) is 0 Å². The number of benzene rings is 1. The highest BCUT2D eigenvalue weighted by Gasteiger charge is 2.28. The van der Waals surface area contributed by atoms with Gasteiger partial charge < -0.3 is 10.6 Å². The third-order valence-corrected chi connectivity index (χ3v) is 6.77. The van der Waals surface area contributed by atoms with Crippen LogP contribution in [0.4, 0.5) is 5.69 Å². The number of sulfonamides is 1. The van der Waals surface area contributed by atoms with Gasteiger partial charge in [-0.1, -0.05) is 33.1 Å². The van der Waals surface area contributed by atoms with Gasteiger partial charge in [-0.2, -0.15) is 4.31 Å². The SMILES string of the molecule is CC(C)C(=O)NC(=S)Nc1ccc(S(=O)(=O)N(C)C2CCCCC2)cc1. The van der Waals surface area contributed by atoms with Gasteiger partial charge >= 0.3 is 0 Å². The molecular formula is C18H27N3O3S2. The maximum atomic E-state index is 12.8. The molecule has 1 saturated carbocycles. The van der Waals surface area contributed by atoms with E-state index in [9.17, 15) is 13.2 Å². The monoisotopic (exact) mass is 397 g/mol. The maximum Gasteiger partial charge on any atom is 0.243 e. The molecule has 0 saturated heterocycles. The van der Waals surface area contributed by atoms with Crippen molar-refractivity contribution >= 4 is 38.9 Å². The number of thiocarbonyl (C=S) groups is 1. The van der Waals surface area contributed by atoms with Crippen molar-refractivity contribution in [3.05, 3.63) is 24.3 Å². The molecule has 0 bridgehead atoms. The molecule has 0 heterocycles. The van der Waals surface area contributed by atoms with Crippen molar-refractivity contribution in [3.8, 4) is 0 Å². The van der Waals surface area contributed by atoms with Crippen LogP contribution in [-0.4, -0.2) is 36.8 Å². The normalized spacial score (nSPS) is 15.9. The van der Waals surface area contributed by atoms with Crippen molar-refractivity contribution in [1.82, 2.24) is 9.62 Å². The summed E-state index contributed by atoms with van der Waals surface area (Å²) < 4.78 is 27.1. The number of hydrogen-bond donors (Lipinski definition) is 2. The molecule has 26 heavy (non-hydrogen) atoms. The first-order chi connectivity index (χ1) is 12.2. The van der Waals surface area contributed by atoms with E-state index in [2.05, 4.69) is 10.6 Å². The van der Waals surface area contributed by atoms with Crippen LogP contribution in [0.1, 0.15) is 46.0 Å². The molecule has 0 aliphatic heterocycles. The lowest BCUT2D eigenvalue weighted by atomic mass is 9.96. The molecule has 0 spiro atoms. The molecule has 1 aromatic rings. The highest BCUT2D eigenvalue weighted by Crippen LogP contribution is 2.26. The van der Waals surface area contributed by atoms with E-state index < -0.39 is 10.0 Å². The topological polar surface area (TPSA) is 78.5 Å². The van der Waals surface area contributed by atoms with Crippen LogP contribution in [0.25, 0.3) is 0 Å². The first-order valence-electron chi connectivity index (χ1n) is 8.91. The molecule has 1 amide bonds. The van der Waals surface area contributed by atoms with Gasteiger partial charge in [0.25, 0.3) is 0 Å². The highest BCUT2D eigenvalue weighted by molar-refractivity contribution is 7.89. The lowest BCUT2D eigenvalue weighted by molar-refractivity contribution is -0.122. The Hall–Kier alpha value is -1.51. The second-order valence-electron chi connectivity index (χ2n) is 6.94. The van der Waals surface area contributed by atoms with Gasteiger partial charge in [0.15, 0.2) is 5.11 Å². The first kappa shape index (κ1) is 20.8. The molecule has 2 rings (SSSR count). The average Bonchev–Trinajstić information content (AvgIpc) is 2.62. The number of anilines is 1. The van der Waals surface area contributed by atoms with Crippen molar-refractivity contribution in [3.63, 3.8) is 0 Å². The smallest absolute Gasteiger partial charge is 0.243 e. The third-order valence-electron chi connectivity index (χ3n) is 4.64. The second kappa shape index (κ2) is 8.92. The fourth-order valence-corrected chi connectivity index (χ4v) is 4.57. The largest absolute Gasteiger partial charge is 0.332 e. The minimum Gasteiger partial charge on any atom is -0.332 e. The van der Waals surface area contributed by atoms with Gasteiger partial charge in [-0.3, -0.25) is 4.79 Å². The Morgan fingerprint density at radius 2 is 1.73 bits per heavy atom. The van der Waals surface area contributed by atoms with Crippen molar-refractivity contribution < 1.29 is 13.2 Å². The number of nitrogens with one attached hydrogen (secondary N) is 2. The number of nitrogens with zero attached hydrogens (tertiary/aromatic N) is 1. The van der Waals surface area contributed by atoms with Crippen LogP contribution < -0.4 is 10.6 Å². The van der Waals surface area contributed by atoms with Crippen LogP contribution in [0.3, 0.4) is 0 Å². The molecule has 6 nitrogen and oxygen atoms in total. The summed E-state index contributed by atoms with van der Waals surface area (Å²) >= 11 is 5.10. The van der Waals surface area contributed by atoms with Gasteiger partial charge in [0.05, 0.1) is 4.90 Å². The number of amides is 1. The van der Waals surface area contributed by atoms with Gasteiger partial charge in [0.1, 0.15) is 0 Å². The van der Waals surface area contributed by atoms with Crippen LogP contribution in [0.5, 0.6) is 0 Å². The van der Waals surface area contributed by atoms with Crippen LogP contribution in [0, 0.1) is 5.92 Å². The van der Waals surface area contributed by atoms with Crippen LogP contribution in [0.15, 0.2) is 29.2 Å². The summed E-state index contributed by atoms with van der Waals surface area (Å²) in [6.07, 6.45) is 5.16. The van der Waals surface area contributed by atoms with Gasteiger partial charge in [-0.25, -0.2) is 8.42 Å². The number of carbonyl (C=O) groups is 1. The molecular weight excluding hydrogens is 370 g/mol. The lowest BCUT2D eigenvalue weighted by Crippen LogP contribution is -2.38. The Labute approximate surface area is 161 Å².